The first-order chi connectivity index (χ1) is 18.0. The van der Waals surface area contributed by atoms with Gasteiger partial charge in [0.1, 0.15) is 0 Å². The lowest BCUT2D eigenvalue weighted by molar-refractivity contribution is 0.0607. The molecule has 0 saturated carbocycles. The van der Waals surface area contributed by atoms with Crippen LogP contribution in [0.5, 0.6) is 0 Å². The van der Waals surface area contributed by atoms with Gasteiger partial charge in [0.25, 0.3) is 11.8 Å². The van der Waals surface area contributed by atoms with E-state index in [2.05, 4.69) is 0 Å². The average molecular weight is 489 g/mol. The van der Waals surface area contributed by atoms with Crippen LogP contribution in [0.3, 0.4) is 0 Å². The van der Waals surface area contributed by atoms with Crippen LogP contribution in [0.2, 0.25) is 0 Å². The van der Waals surface area contributed by atoms with Crippen molar-refractivity contribution in [3.05, 3.63) is 70.8 Å². The second kappa shape index (κ2) is 7.92. The number of unbranched alkanes of at least 4 members (excludes halogenated alkanes) is 3. The first kappa shape index (κ1) is 22.1. The second-order valence-corrected chi connectivity index (χ2v) is 10.1. The van der Waals surface area contributed by atoms with Gasteiger partial charge < -0.3 is 5.73 Å². The summed E-state index contributed by atoms with van der Waals surface area (Å²) >= 11 is 0. The zero-order valence-corrected chi connectivity index (χ0v) is 20.2. The number of hydrogen-bond donors (Lipinski definition) is 1. The number of carbonyl (C=O) groups excluding carboxylic acids is 4. The maximum atomic E-state index is 13.5. The van der Waals surface area contributed by atoms with Crippen molar-refractivity contribution in [2.24, 2.45) is 5.73 Å². The Morgan fingerprint density at radius 2 is 0.973 bits per heavy atom. The molecule has 0 fully saturated rings. The minimum atomic E-state index is -0.257. The Hall–Kier alpha value is -4.16. The molecular formula is C31H24N2O4. The summed E-state index contributed by atoms with van der Waals surface area (Å²) in [6.07, 6.45) is 3.49. The summed E-state index contributed by atoms with van der Waals surface area (Å²) in [6.45, 7) is 1.04. The molecule has 1 aliphatic carbocycles. The Morgan fingerprint density at radius 3 is 1.46 bits per heavy atom. The summed E-state index contributed by atoms with van der Waals surface area (Å²) in [4.78, 5) is 53.8. The van der Waals surface area contributed by atoms with Crippen LogP contribution in [0.25, 0.3) is 43.1 Å². The lowest BCUT2D eigenvalue weighted by Gasteiger charge is -2.29. The van der Waals surface area contributed by atoms with Crippen LogP contribution in [0, 0.1) is 0 Å². The van der Waals surface area contributed by atoms with Gasteiger partial charge in [-0.25, -0.2) is 0 Å². The summed E-state index contributed by atoms with van der Waals surface area (Å²) in [5.41, 5.74) is 7.81. The molecule has 1 aliphatic heterocycles. The summed E-state index contributed by atoms with van der Waals surface area (Å²) < 4.78 is 0. The highest BCUT2D eigenvalue weighted by Crippen LogP contribution is 2.46. The molecule has 182 valence electrons. The molecule has 2 amide bonds. The van der Waals surface area contributed by atoms with Crippen molar-refractivity contribution in [3.63, 3.8) is 0 Å². The number of nitrogens with zero attached hydrogens (tertiary/aromatic N) is 1. The van der Waals surface area contributed by atoms with Crippen LogP contribution in [-0.4, -0.2) is 41.4 Å². The van der Waals surface area contributed by atoms with Crippen LogP contribution < -0.4 is 5.73 Å². The van der Waals surface area contributed by atoms with Gasteiger partial charge in [0.15, 0.2) is 11.6 Å². The Kier molecular flexibility index (Phi) is 4.72. The van der Waals surface area contributed by atoms with Crippen LogP contribution in [0.4, 0.5) is 0 Å². The molecule has 0 radical (unpaired) electrons. The molecule has 0 bridgehead atoms. The summed E-state index contributed by atoms with van der Waals surface area (Å²) in [6, 6.07) is 15.0. The zero-order chi connectivity index (χ0) is 25.4. The third-order valence-corrected chi connectivity index (χ3v) is 8.11. The fraction of sp³-hybridized carbons (Fsp3) is 0.226. The van der Waals surface area contributed by atoms with Gasteiger partial charge in [-0.05, 0) is 63.8 Å². The van der Waals surface area contributed by atoms with E-state index in [0.29, 0.717) is 46.1 Å². The predicted molar refractivity (Wildman–Crippen MR) is 144 cm³/mol. The summed E-state index contributed by atoms with van der Waals surface area (Å²) in [5, 5.41) is 6.82. The third-order valence-electron chi connectivity index (χ3n) is 8.11. The van der Waals surface area contributed by atoms with E-state index in [-0.39, 0.29) is 29.8 Å². The van der Waals surface area contributed by atoms with Crippen LogP contribution in [-0.2, 0) is 0 Å². The topological polar surface area (TPSA) is 97.5 Å². The Morgan fingerprint density at radius 1 is 0.541 bits per heavy atom. The van der Waals surface area contributed by atoms with Crippen LogP contribution in [0.1, 0.15) is 73.5 Å². The van der Waals surface area contributed by atoms with Crippen molar-refractivity contribution in [2.75, 3.05) is 13.1 Å². The fourth-order valence-electron chi connectivity index (χ4n) is 6.40. The molecule has 1 heterocycles. The number of Topliss-reactive ketones (excluding diaryl/α,β-unsaturated/α-hetero) is 2. The maximum Gasteiger partial charge on any atom is 0.261 e. The van der Waals surface area contributed by atoms with Crippen molar-refractivity contribution in [1.82, 2.24) is 4.90 Å². The maximum absolute atomic E-state index is 13.5. The molecule has 6 nitrogen and oxygen atoms in total. The molecule has 0 unspecified atom stereocenters. The van der Waals surface area contributed by atoms with Gasteiger partial charge >= 0.3 is 0 Å². The van der Waals surface area contributed by atoms with Crippen molar-refractivity contribution in [1.29, 1.82) is 0 Å². The lowest BCUT2D eigenvalue weighted by atomic mass is 9.80. The van der Waals surface area contributed by atoms with Gasteiger partial charge in [0, 0.05) is 39.6 Å². The van der Waals surface area contributed by atoms with Crippen LogP contribution in [0.15, 0.2) is 48.5 Å². The molecule has 6 heteroatoms. The van der Waals surface area contributed by atoms with Crippen molar-refractivity contribution < 1.29 is 19.2 Å². The summed E-state index contributed by atoms with van der Waals surface area (Å²) in [5.74, 6) is -0.826. The monoisotopic (exact) mass is 488 g/mol. The first-order valence-electron chi connectivity index (χ1n) is 12.8. The van der Waals surface area contributed by atoms with Gasteiger partial charge in [-0.15, -0.1) is 0 Å². The molecule has 0 atom stereocenters. The standard InChI is InChI=1S/C31H24N2O4/c32-13-3-1-2-4-14-33-30(36)22-11-7-18-16-5-9-20-24(34)15-25(35)21-10-6-17(26(16)28(20)21)19-8-12-23(31(33)37)29(22)27(18)19/h5-12H,1-4,13-15,32H2. The lowest BCUT2D eigenvalue weighted by Crippen LogP contribution is -2.40. The largest absolute Gasteiger partial charge is 0.330 e. The highest BCUT2D eigenvalue weighted by molar-refractivity contribution is 6.41. The highest BCUT2D eigenvalue weighted by atomic mass is 16.2. The normalized spacial score (nSPS) is 15.3. The van der Waals surface area contributed by atoms with Gasteiger partial charge in [-0.2, -0.15) is 0 Å². The van der Waals surface area contributed by atoms with Gasteiger partial charge in [0.05, 0.1) is 6.42 Å². The van der Waals surface area contributed by atoms with E-state index in [9.17, 15) is 19.2 Å². The molecular weight excluding hydrogens is 464 g/mol. The third kappa shape index (κ3) is 2.90. The predicted octanol–water partition coefficient (Wildman–Crippen LogP) is 5.62. The van der Waals surface area contributed by atoms with Crippen LogP contribution >= 0.6 is 0 Å². The number of nitrogens with two attached hydrogens (primary N) is 1. The minimum Gasteiger partial charge on any atom is -0.330 e. The molecule has 0 saturated heterocycles. The number of fused-ring (bicyclic) bond motifs is 2. The van der Waals surface area contributed by atoms with E-state index in [0.717, 1.165) is 58.0 Å². The fourth-order valence-corrected chi connectivity index (χ4v) is 6.40. The molecule has 37 heavy (non-hydrogen) atoms. The molecule has 2 aliphatic rings. The van der Waals surface area contributed by atoms with Crippen molar-refractivity contribution in [2.45, 2.75) is 32.1 Å². The quantitative estimate of drug-likeness (QED) is 0.110. The van der Waals surface area contributed by atoms with E-state index >= 15 is 0 Å². The first-order valence-corrected chi connectivity index (χ1v) is 12.8. The molecule has 5 aromatic carbocycles. The number of rotatable bonds is 6. The summed E-state index contributed by atoms with van der Waals surface area (Å²) in [7, 11) is 0. The van der Waals surface area contributed by atoms with E-state index in [1.54, 1.807) is 0 Å². The number of amides is 2. The van der Waals surface area contributed by atoms with Gasteiger partial charge in [-0.1, -0.05) is 49.2 Å². The zero-order valence-electron chi connectivity index (χ0n) is 20.2. The Balaban J connectivity index is 1.47. The van der Waals surface area contributed by atoms with E-state index in [4.69, 9.17) is 5.73 Å². The molecule has 5 aromatic rings. The van der Waals surface area contributed by atoms with E-state index in [1.165, 1.54) is 4.90 Å². The number of imide groups is 1. The van der Waals surface area contributed by atoms with Crippen molar-refractivity contribution in [3.8, 4) is 0 Å². The number of hydrogen-bond acceptors (Lipinski definition) is 5. The minimum absolute atomic E-state index is 0.104. The number of ketones is 2. The average Bonchev–Trinajstić information content (AvgIpc) is 2.91. The molecule has 7 rings (SSSR count). The number of benzene rings is 5. The van der Waals surface area contributed by atoms with Crippen molar-refractivity contribution >= 4 is 66.5 Å². The molecule has 0 spiro atoms. The highest BCUT2D eigenvalue weighted by Gasteiger charge is 2.34. The Bertz CT molecular complexity index is 1730. The Labute approximate surface area is 212 Å². The van der Waals surface area contributed by atoms with Gasteiger partial charge in [-0.3, -0.25) is 24.1 Å². The molecule has 2 N–H and O–H groups in total. The SMILES string of the molecule is NCCCCCCN1C(=O)c2ccc3c4ccc5c6c(ccc(c7ccc(c2c37)C1=O)c64)C(=O)CC5=O. The number of carbonyl (C=O) groups is 4. The van der Waals surface area contributed by atoms with Gasteiger partial charge in [0.2, 0.25) is 0 Å². The van der Waals surface area contributed by atoms with E-state index < -0.39 is 0 Å². The smallest absolute Gasteiger partial charge is 0.261 e. The second-order valence-electron chi connectivity index (χ2n) is 10.1. The molecule has 0 aromatic heterocycles. The van der Waals surface area contributed by atoms with E-state index in [1.807, 2.05) is 48.5 Å².